The number of rotatable bonds is 6. The third-order valence-corrected chi connectivity index (χ3v) is 6.73. The smallest absolute Gasteiger partial charge is 0.255 e. The fraction of sp³-hybridized carbons (Fsp3) is 0.300. The molecule has 0 saturated carbocycles. The highest BCUT2D eigenvalue weighted by atomic mass is 32.2. The van der Waals surface area contributed by atoms with E-state index in [0.717, 1.165) is 12.1 Å². The molecule has 9 heteroatoms. The Morgan fingerprint density at radius 3 is 2.07 bits per heavy atom. The van der Waals surface area contributed by atoms with Crippen LogP contribution in [0.5, 0.6) is 0 Å². The van der Waals surface area contributed by atoms with E-state index in [1.54, 1.807) is 4.90 Å². The number of anilines is 2. The van der Waals surface area contributed by atoms with Crippen LogP contribution in [0, 0.1) is 0 Å². The molecule has 1 saturated heterocycles. The molecule has 1 fully saturated rings. The predicted molar refractivity (Wildman–Crippen MR) is 112 cm³/mol. The van der Waals surface area contributed by atoms with Gasteiger partial charge in [-0.2, -0.15) is 4.31 Å². The van der Waals surface area contributed by atoms with Crippen LogP contribution >= 0.6 is 0 Å². The molecule has 2 aromatic rings. The van der Waals surface area contributed by atoms with Gasteiger partial charge in [0.15, 0.2) is 0 Å². The first-order chi connectivity index (χ1) is 13.8. The van der Waals surface area contributed by atoms with Gasteiger partial charge in [-0.3, -0.25) is 9.59 Å². The number of benzene rings is 2. The van der Waals surface area contributed by atoms with Crippen molar-refractivity contribution in [3.8, 4) is 0 Å². The largest absolute Gasteiger partial charge is 0.378 e. The number of nitrogens with zero attached hydrogens (tertiary/aromatic N) is 3. The van der Waals surface area contributed by atoms with E-state index < -0.39 is 10.0 Å². The van der Waals surface area contributed by atoms with Gasteiger partial charge in [-0.25, -0.2) is 8.42 Å². The number of hydrogen-bond acceptors (Lipinski definition) is 5. The average molecular weight is 417 g/mol. The molecule has 1 aliphatic rings. The second-order valence-corrected chi connectivity index (χ2v) is 8.90. The van der Waals surface area contributed by atoms with Crippen molar-refractivity contribution >= 4 is 33.7 Å². The first-order valence-electron chi connectivity index (χ1n) is 9.19. The summed E-state index contributed by atoms with van der Waals surface area (Å²) < 4.78 is 26.9. The summed E-state index contributed by atoms with van der Waals surface area (Å²) in [6, 6.07) is 13.3. The summed E-state index contributed by atoms with van der Waals surface area (Å²) in [6.07, 6.45) is 0.728. The summed E-state index contributed by atoms with van der Waals surface area (Å²) in [5, 5.41) is 2.80. The molecule has 0 radical (unpaired) electrons. The molecule has 0 unspecified atom stereocenters. The zero-order chi connectivity index (χ0) is 21.0. The maximum atomic E-state index is 12.8. The highest BCUT2D eigenvalue weighted by molar-refractivity contribution is 7.89. The zero-order valence-corrected chi connectivity index (χ0v) is 17.2. The van der Waals surface area contributed by atoms with Crippen molar-refractivity contribution < 1.29 is 18.0 Å². The number of sulfonamides is 1. The number of amides is 2. The fourth-order valence-corrected chi connectivity index (χ4v) is 4.45. The fourth-order valence-electron chi connectivity index (χ4n) is 3.02. The van der Waals surface area contributed by atoms with Gasteiger partial charge >= 0.3 is 0 Å². The predicted octanol–water partition coefficient (Wildman–Crippen LogP) is 1.47. The molecule has 0 atom stereocenters. The van der Waals surface area contributed by atoms with Crippen LogP contribution in [0.3, 0.4) is 0 Å². The van der Waals surface area contributed by atoms with Gasteiger partial charge in [0.05, 0.1) is 4.90 Å². The van der Waals surface area contributed by atoms with Crippen LogP contribution in [0.25, 0.3) is 0 Å². The molecule has 0 bridgehead atoms. The minimum atomic E-state index is -3.65. The number of carbonyl (C=O) groups excluding carboxylic acids is 2. The van der Waals surface area contributed by atoms with Crippen molar-refractivity contribution in [2.45, 2.75) is 4.90 Å². The molecule has 1 aliphatic heterocycles. The summed E-state index contributed by atoms with van der Waals surface area (Å²) in [7, 11) is 0.218. The molecule has 3 rings (SSSR count). The molecule has 0 aromatic heterocycles. The molecular weight excluding hydrogens is 392 g/mol. The lowest BCUT2D eigenvalue weighted by atomic mass is 10.2. The quantitative estimate of drug-likeness (QED) is 0.721. The summed E-state index contributed by atoms with van der Waals surface area (Å²) in [5.41, 5.74) is 2.04. The van der Waals surface area contributed by atoms with Gasteiger partial charge in [-0.1, -0.05) is 0 Å². The van der Waals surface area contributed by atoms with Crippen molar-refractivity contribution in [3.05, 3.63) is 54.1 Å². The zero-order valence-electron chi connectivity index (χ0n) is 16.4. The molecule has 29 heavy (non-hydrogen) atoms. The molecule has 8 nitrogen and oxygen atoms in total. The van der Waals surface area contributed by atoms with Gasteiger partial charge in [0, 0.05) is 57.2 Å². The standard InChI is InChI=1S/C20H24N4O4S/c1-22(2)18-7-5-17(6-8-18)21-20(26)16-3-9-19(10-4-16)29(27,28)24-13-11-23(15-25)12-14-24/h3-10,15H,11-14H2,1-2H3,(H,21,26). The highest BCUT2D eigenvalue weighted by Gasteiger charge is 2.28. The second kappa shape index (κ2) is 8.62. The molecule has 0 aliphatic carbocycles. The first kappa shape index (κ1) is 20.8. The van der Waals surface area contributed by atoms with Crippen molar-refractivity contribution in [2.24, 2.45) is 0 Å². The van der Waals surface area contributed by atoms with Crippen LogP contribution in [0.4, 0.5) is 11.4 Å². The normalized spacial score (nSPS) is 15.0. The Morgan fingerprint density at radius 1 is 0.966 bits per heavy atom. The maximum absolute atomic E-state index is 12.8. The van der Waals surface area contributed by atoms with Gasteiger partial charge < -0.3 is 15.1 Å². The lowest BCUT2D eigenvalue weighted by Gasteiger charge is -2.31. The Bertz CT molecular complexity index is 965. The van der Waals surface area contributed by atoms with Crippen molar-refractivity contribution in [1.29, 1.82) is 0 Å². The number of hydrogen-bond donors (Lipinski definition) is 1. The Hall–Kier alpha value is -2.91. The maximum Gasteiger partial charge on any atom is 0.255 e. The third-order valence-electron chi connectivity index (χ3n) is 4.82. The molecule has 2 aromatic carbocycles. The molecule has 0 spiro atoms. The van der Waals surface area contributed by atoms with E-state index in [1.807, 2.05) is 43.3 Å². The van der Waals surface area contributed by atoms with Crippen LogP contribution in [0.1, 0.15) is 10.4 Å². The monoisotopic (exact) mass is 416 g/mol. The van der Waals surface area contributed by atoms with Gasteiger partial charge in [0.25, 0.3) is 5.91 Å². The third kappa shape index (κ3) is 4.75. The Kier molecular flexibility index (Phi) is 6.19. The lowest BCUT2D eigenvalue weighted by Crippen LogP contribution is -2.47. The number of nitrogens with one attached hydrogen (secondary N) is 1. The SMILES string of the molecule is CN(C)c1ccc(NC(=O)c2ccc(S(=O)(=O)N3CCN(C=O)CC3)cc2)cc1. The van der Waals surface area contributed by atoms with Crippen LogP contribution in [0.2, 0.25) is 0 Å². The molecule has 2 amide bonds. The molecule has 154 valence electrons. The Morgan fingerprint density at radius 2 is 1.55 bits per heavy atom. The minimum absolute atomic E-state index is 0.129. The molecule has 1 N–H and O–H groups in total. The van der Waals surface area contributed by atoms with Crippen LogP contribution in [-0.2, 0) is 14.8 Å². The van der Waals surface area contributed by atoms with Crippen molar-refractivity contribution in [3.63, 3.8) is 0 Å². The Balaban J connectivity index is 1.67. The van der Waals surface area contributed by atoms with Gasteiger partial charge in [-0.05, 0) is 48.5 Å². The van der Waals surface area contributed by atoms with E-state index >= 15 is 0 Å². The van der Waals surface area contributed by atoms with E-state index in [-0.39, 0.29) is 23.9 Å². The number of carbonyl (C=O) groups is 2. The average Bonchev–Trinajstić information content (AvgIpc) is 2.74. The van der Waals surface area contributed by atoms with Gasteiger partial charge in [-0.15, -0.1) is 0 Å². The van der Waals surface area contributed by atoms with Gasteiger partial charge in [0.1, 0.15) is 0 Å². The molecular formula is C20H24N4O4S. The van der Waals surface area contributed by atoms with E-state index in [0.29, 0.717) is 24.3 Å². The second-order valence-electron chi connectivity index (χ2n) is 6.97. The summed E-state index contributed by atoms with van der Waals surface area (Å²) in [4.78, 5) is 26.9. The van der Waals surface area contributed by atoms with Crippen LogP contribution in [0.15, 0.2) is 53.4 Å². The Labute approximate surface area is 170 Å². The highest BCUT2D eigenvalue weighted by Crippen LogP contribution is 2.20. The van der Waals surface area contributed by atoms with E-state index in [1.165, 1.54) is 28.6 Å². The van der Waals surface area contributed by atoms with Crippen LogP contribution in [-0.4, -0.2) is 70.2 Å². The van der Waals surface area contributed by atoms with Crippen molar-refractivity contribution in [1.82, 2.24) is 9.21 Å². The molecule has 1 heterocycles. The van der Waals surface area contributed by atoms with E-state index in [9.17, 15) is 18.0 Å². The summed E-state index contributed by atoms with van der Waals surface area (Å²) >= 11 is 0. The van der Waals surface area contributed by atoms with Crippen molar-refractivity contribution in [2.75, 3.05) is 50.5 Å². The lowest BCUT2D eigenvalue weighted by molar-refractivity contribution is -0.119. The van der Waals surface area contributed by atoms with Crippen LogP contribution < -0.4 is 10.2 Å². The van der Waals surface area contributed by atoms with E-state index in [4.69, 9.17) is 0 Å². The van der Waals surface area contributed by atoms with Gasteiger partial charge in [0.2, 0.25) is 16.4 Å². The summed E-state index contributed by atoms with van der Waals surface area (Å²) in [6.45, 7) is 1.25. The first-order valence-corrected chi connectivity index (χ1v) is 10.6. The minimum Gasteiger partial charge on any atom is -0.378 e. The topological polar surface area (TPSA) is 90.0 Å². The van der Waals surface area contributed by atoms with E-state index in [2.05, 4.69) is 5.32 Å². The number of piperazine rings is 1. The summed E-state index contributed by atoms with van der Waals surface area (Å²) in [5.74, 6) is -0.314.